The molecule has 4 rings (SSSR count). The molecule has 37 heavy (non-hydrogen) atoms. The van der Waals surface area contributed by atoms with Gasteiger partial charge < -0.3 is 9.50 Å². The molecule has 0 aliphatic rings. The molecule has 0 atom stereocenters. The molecule has 0 spiro atoms. The summed E-state index contributed by atoms with van der Waals surface area (Å²) in [6.45, 7) is 0. The second-order valence-electron chi connectivity index (χ2n) is 7.63. The van der Waals surface area contributed by atoms with Crippen LogP contribution in [0.5, 0.6) is 5.75 Å². The van der Waals surface area contributed by atoms with Crippen molar-refractivity contribution in [2.24, 2.45) is 0 Å². The van der Waals surface area contributed by atoms with Gasteiger partial charge in [0.25, 0.3) is 11.6 Å². The Morgan fingerprint density at radius 3 is 2.49 bits per heavy atom. The van der Waals surface area contributed by atoms with E-state index in [4.69, 9.17) is 4.18 Å². The molecular weight excluding hydrogens is 562 g/mol. The Hall–Kier alpha value is -4.53. The van der Waals surface area contributed by atoms with Gasteiger partial charge in [0.15, 0.2) is 5.75 Å². The van der Waals surface area contributed by atoms with E-state index in [0.29, 0.717) is 11.3 Å². The number of non-ortho nitro benzene ring substituents is 1. The molecule has 184 valence electrons. The zero-order valence-corrected chi connectivity index (χ0v) is 21.2. The SMILES string of the molecule is N#C/C(=C\c1ccc(OS(=O)(=O)c2cccc([N+](=O)[O-])c2)c(Br)c1)C(=O)Nc1cccc2ccccc12. The van der Waals surface area contributed by atoms with Crippen LogP contribution in [-0.4, -0.2) is 19.2 Å². The fourth-order valence-corrected chi connectivity index (χ4v) is 5.01. The molecule has 0 saturated heterocycles. The summed E-state index contributed by atoms with van der Waals surface area (Å²) in [4.78, 5) is 22.7. The van der Waals surface area contributed by atoms with Gasteiger partial charge in [0.2, 0.25) is 0 Å². The van der Waals surface area contributed by atoms with Gasteiger partial charge in [-0.05, 0) is 57.2 Å². The Kier molecular flexibility index (Phi) is 7.33. The largest absolute Gasteiger partial charge is 0.378 e. The van der Waals surface area contributed by atoms with Crippen LogP contribution >= 0.6 is 15.9 Å². The van der Waals surface area contributed by atoms with Crippen LogP contribution in [0.3, 0.4) is 0 Å². The van der Waals surface area contributed by atoms with Crippen molar-refractivity contribution in [2.45, 2.75) is 4.90 Å². The van der Waals surface area contributed by atoms with Crippen molar-refractivity contribution in [2.75, 3.05) is 5.32 Å². The highest BCUT2D eigenvalue weighted by Crippen LogP contribution is 2.31. The average Bonchev–Trinajstić information content (AvgIpc) is 2.89. The first kappa shape index (κ1) is 25.6. The summed E-state index contributed by atoms with van der Waals surface area (Å²) in [6.07, 6.45) is 1.35. The number of hydrogen-bond donors (Lipinski definition) is 1. The van der Waals surface area contributed by atoms with Gasteiger partial charge in [0.05, 0.1) is 9.40 Å². The number of nitrogens with one attached hydrogen (secondary N) is 1. The fourth-order valence-electron chi connectivity index (χ4n) is 3.43. The third kappa shape index (κ3) is 5.83. The Labute approximate surface area is 220 Å². The minimum atomic E-state index is -4.36. The van der Waals surface area contributed by atoms with Crippen molar-refractivity contribution in [3.63, 3.8) is 0 Å². The van der Waals surface area contributed by atoms with Crippen LogP contribution < -0.4 is 9.50 Å². The van der Waals surface area contributed by atoms with Crippen LogP contribution in [0.2, 0.25) is 0 Å². The molecule has 1 N–H and O–H groups in total. The monoisotopic (exact) mass is 577 g/mol. The van der Waals surface area contributed by atoms with E-state index in [2.05, 4.69) is 21.2 Å². The maximum atomic E-state index is 12.8. The van der Waals surface area contributed by atoms with E-state index in [-0.39, 0.29) is 20.7 Å². The summed E-state index contributed by atoms with van der Waals surface area (Å²) in [5.41, 5.74) is 0.421. The van der Waals surface area contributed by atoms with Gasteiger partial charge in [-0.1, -0.05) is 48.5 Å². The Morgan fingerprint density at radius 1 is 1.03 bits per heavy atom. The molecule has 0 unspecified atom stereocenters. The normalized spacial score (nSPS) is 11.5. The van der Waals surface area contributed by atoms with Crippen LogP contribution in [0.1, 0.15) is 5.56 Å². The predicted molar refractivity (Wildman–Crippen MR) is 141 cm³/mol. The van der Waals surface area contributed by atoms with E-state index in [1.54, 1.807) is 12.1 Å². The fraction of sp³-hybridized carbons (Fsp3) is 0. The van der Waals surface area contributed by atoms with Crippen LogP contribution in [0, 0.1) is 21.4 Å². The Morgan fingerprint density at radius 2 is 1.76 bits per heavy atom. The van der Waals surface area contributed by atoms with E-state index in [9.17, 15) is 28.6 Å². The summed E-state index contributed by atoms with van der Waals surface area (Å²) in [7, 11) is -4.36. The van der Waals surface area contributed by atoms with Crippen molar-refractivity contribution in [3.05, 3.63) is 111 Å². The zero-order valence-electron chi connectivity index (χ0n) is 18.8. The molecule has 4 aromatic carbocycles. The molecule has 9 nitrogen and oxygen atoms in total. The molecule has 0 fully saturated rings. The Bertz CT molecular complexity index is 1720. The lowest BCUT2D eigenvalue weighted by Crippen LogP contribution is -2.13. The molecule has 0 heterocycles. The van der Waals surface area contributed by atoms with E-state index in [1.165, 1.54) is 42.5 Å². The van der Waals surface area contributed by atoms with Crippen molar-refractivity contribution in [3.8, 4) is 11.8 Å². The first-order chi connectivity index (χ1) is 17.7. The molecule has 0 aliphatic carbocycles. The topological polar surface area (TPSA) is 139 Å². The number of fused-ring (bicyclic) bond motifs is 1. The van der Waals surface area contributed by atoms with Gasteiger partial charge in [-0.3, -0.25) is 14.9 Å². The first-order valence-corrected chi connectivity index (χ1v) is 12.8. The van der Waals surface area contributed by atoms with E-state index >= 15 is 0 Å². The second-order valence-corrected chi connectivity index (χ2v) is 10.0. The Balaban J connectivity index is 1.56. The molecule has 0 bridgehead atoms. The lowest BCUT2D eigenvalue weighted by Gasteiger charge is -2.10. The summed E-state index contributed by atoms with van der Waals surface area (Å²) in [6, 6.07) is 23.6. The smallest absolute Gasteiger partial charge is 0.339 e. The standard InChI is InChI=1S/C26H16BrN3O6S/c27-23-14-17(11-12-25(23)36-37(34,35)21-8-4-7-20(15-21)30(32)33)13-19(16-28)26(31)29-24-10-3-6-18-5-1-2-9-22(18)24/h1-15H,(H,29,31)/b19-13+. The summed E-state index contributed by atoms with van der Waals surface area (Å²) < 4.78 is 30.6. The highest BCUT2D eigenvalue weighted by molar-refractivity contribution is 9.10. The third-order valence-corrected chi connectivity index (χ3v) is 7.04. The van der Waals surface area contributed by atoms with Crippen LogP contribution in [0.15, 0.2) is 99.9 Å². The molecule has 0 radical (unpaired) electrons. The highest BCUT2D eigenvalue weighted by Gasteiger charge is 2.21. The van der Waals surface area contributed by atoms with E-state index in [0.717, 1.165) is 16.8 Å². The molecule has 4 aromatic rings. The molecule has 0 aliphatic heterocycles. The number of rotatable bonds is 7. The number of hydrogen-bond acceptors (Lipinski definition) is 7. The molecule has 1 amide bonds. The minimum absolute atomic E-state index is 0.0811. The van der Waals surface area contributed by atoms with Gasteiger partial charge in [0, 0.05) is 23.2 Å². The number of nitro benzene ring substituents is 1. The van der Waals surface area contributed by atoms with Gasteiger partial charge in [-0.15, -0.1) is 0 Å². The summed E-state index contributed by atoms with van der Waals surface area (Å²) in [5, 5.41) is 25.0. The number of halogens is 1. The highest BCUT2D eigenvalue weighted by atomic mass is 79.9. The predicted octanol–water partition coefficient (Wildman–Crippen LogP) is 5.82. The number of nitriles is 1. The van der Waals surface area contributed by atoms with Crippen LogP contribution in [0.25, 0.3) is 16.8 Å². The number of benzene rings is 4. The first-order valence-electron chi connectivity index (χ1n) is 10.6. The number of nitro groups is 1. The average molecular weight is 578 g/mol. The maximum Gasteiger partial charge on any atom is 0.339 e. The number of amides is 1. The summed E-state index contributed by atoms with van der Waals surface area (Å²) in [5.74, 6) is -0.689. The third-order valence-electron chi connectivity index (χ3n) is 5.19. The van der Waals surface area contributed by atoms with Crippen molar-refractivity contribution >= 4 is 60.2 Å². The van der Waals surface area contributed by atoms with Gasteiger partial charge >= 0.3 is 10.1 Å². The molecular formula is C26H16BrN3O6S. The number of anilines is 1. The lowest BCUT2D eigenvalue weighted by atomic mass is 10.1. The van der Waals surface area contributed by atoms with Crippen molar-refractivity contribution in [1.29, 1.82) is 5.26 Å². The van der Waals surface area contributed by atoms with E-state index < -0.39 is 26.6 Å². The van der Waals surface area contributed by atoms with Crippen molar-refractivity contribution < 1.29 is 22.3 Å². The van der Waals surface area contributed by atoms with Gasteiger partial charge in [0.1, 0.15) is 16.5 Å². The van der Waals surface area contributed by atoms with E-state index in [1.807, 2.05) is 36.4 Å². The van der Waals surface area contributed by atoms with Gasteiger partial charge in [-0.2, -0.15) is 13.7 Å². The maximum absolute atomic E-state index is 12.8. The second kappa shape index (κ2) is 10.6. The quantitative estimate of drug-likeness (QED) is 0.0958. The lowest BCUT2D eigenvalue weighted by molar-refractivity contribution is -0.385. The number of carbonyl (C=O) groups is 1. The minimum Gasteiger partial charge on any atom is -0.378 e. The number of nitrogens with zero attached hydrogens (tertiary/aromatic N) is 2. The number of carbonyl (C=O) groups excluding carboxylic acids is 1. The molecule has 0 aromatic heterocycles. The molecule has 11 heteroatoms. The van der Waals surface area contributed by atoms with Crippen LogP contribution in [-0.2, 0) is 14.9 Å². The van der Waals surface area contributed by atoms with Crippen molar-refractivity contribution in [1.82, 2.24) is 0 Å². The summed E-state index contributed by atoms with van der Waals surface area (Å²) >= 11 is 3.23. The van der Waals surface area contributed by atoms with Gasteiger partial charge in [-0.25, -0.2) is 0 Å². The zero-order chi connectivity index (χ0) is 26.6. The van der Waals surface area contributed by atoms with Crippen LogP contribution in [0.4, 0.5) is 11.4 Å². The molecule has 0 saturated carbocycles.